The van der Waals surface area contributed by atoms with Gasteiger partial charge in [0.1, 0.15) is 13.2 Å². The van der Waals surface area contributed by atoms with Crippen LogP contribution in [0.15, 0.2) is 85.1 Å². The standard InChI is InChI=1S/C76H134O6/c1-4-7-10-13-16-19-22-24-26-28-30-32-33-34-35-36-37-38-39-40-41-42-43-44-46-47-49-51-54-57-60-63-66-69-75(78)81-72-73(71-80-74(77)68-65-62-59-56-53-21-18-15-12-9-6-3)82-76(79)70-67-64-61-58-55-52-50-48-45-31-29-27-25-23-20-17-14-11-8-5-2/h7,10,16,19,24,26,30,32,34-35,37-38,40-41,73H,4-6,8-9,11-15,17-18,20-23,25,27-29,31,33,36,39,42-72H2,1-3H3/b10-7-,19-16-,26-24-,32-30-,35-34-,38-37-,41-40-. The summed E-state index contributed by atoms with van der Waals surface area (Å²) in [5.74, 6) is -0.853. The molecule has 1 atom stereocenters. The zero-order valence-electron chi connectivity index (χ0n) is 54.5. The minimum absolute atomic E-state index is 0.0706. The molecule has 0 aliphatic rings. The van der Waals surface area contributed by atoms with E-state index in [0.717, 1.165) is 103 Å². The van der Waals surface area contributed by atoms with Gasteiger partial charge in [-0.15, -0.1) is 0 Å². The molecule has 0 bridgehead atoms. The van der Waals surface area contributed by atoms with Gasteiger partial charge in [-0.2, -0.15) is 0 Å². The quantitative estimate of drug-likeness (QED) is 0.0261. The van der Waals surface area contributed by atoms with E-state index >= 15 is 0 Å². The number of ether oxygens (including phenoxy) is 3. The van der Waals surface area contributed by atoms with E-state index < -0.39 is 6.10 Å². The van der Waals surface area contributed by atoms with Crippen molar-refractivity contribution in [3.63, 3.8) is 0 Å². The molecule has 474 valence electrons. The molecular formula is C76H134O6. The molecule has 0 spiro atoms. The maximum atomic E-state index is 12.9. The molecule has 6 heteroatoms. The lowest BCUT2D eigenvalue weighted by Gasteiger charge is -2.18. The van der Waals surface area contributed by atoms with Crippen LogP contribution < -0.4 is 0 Å². The Hall–Kier alpha value is -3.41. The lowest BCUT2D eigenvalue weighted by atomic mass is 10.0. The molecule has 0 radical (unpaired) electrons. The second-order valence-corrected chi connectivity index (χ2v) is 23.8. The molecule has 6 nitrogen and oxygen atoms in total. The van der Waals surface area contributed by atoms with Crippen molar-refractivity contribution in [1.29, 1.82) is 0 Å². The van der Waals surface area contributed by atoms with Crippen LogP contribution in [0.25, 0.3) is 0 Å². The summed E-state index contributed by atoms with van der Waals surface area (Å²) in [6.45, 7) is 6.57. The second-order valence-electron chi connectivity index (χ2n) is 23.8. The van der Waals surface area contributed by atoms with Gasteiger partial charge < -0.3 is 14.2 Å². The minimum Gasteiger partial charge on any atom is -0.462 e. The molecule has 0 aliphatic heterocycles. The lowest BCUT2D eigenvalue weighted by Crippen LogP contribution is -2.30. The topological polar surface area (TPSA) is 78.9 Å². The normalized spacial score (nSPS) is 12.6. The lowest BCUT2D eigenvalue weighted by molar-refractivity contribution is -0.167. The van der Waals surface area contributed by atoms with Crippen LogP contribution in [0.1, 0.15) is 361 Å². The molecule has 0 N–H and O–H groups in total. The number of allylic oxidation sites excluding steroid dienone is 14. The first-order chi connectivity index (χ1) is 40.5. The fourth-order valence-corrected chi connectivity index (χ4v) is 10.4. The van der Waals surface area contributed by atoms with Crippen molar-refractivity contribution in [1.82, 2.24) is 0 Å². The van der Waals surface area contributed by atoms with Gasteiger partial charge in [-0.1, -0.05) is 350 Å². The van der Waals surface area contributed by atoms with Crippen LogP contribution in [-0.2, 0) is 28.6 Å². The van der Waals surface area contributed by atoms with Gasteiger partial charge in [-0.3, -0.25) is 14.4 Å². The number of hydrogen-bond donors (Lipinski definition) is 0. The van der Waals surface area contributed by atoms with Crippen LogP contribution in [0.5, 0.6) is 0 Å². The summed E-state index contributed by atoms with van der Waals surface area (Å²) in [4.78, 5) is 38.4. The first-order valence-electron chi connectivity index (χ1n) is 35.6. The number of unbranched alkanes of at least 4 members (excludes halogenated alkanes) is 40. The number of carbonyl (C=O) groups is 3. The molecule has 0 aromatic rings. The smallest absolute Gasteiger partial charge is 0.306 e. The van der Waals surface area contributed by atoms with Crippen molar-refractivity contribution in [3.8, 4) is 0 Å². The summed E-state index contributed by atoms with van der Waals surface area (Å²) in [7, 11) is 0. The number of hydrogen-bond acceptors (Lipinski definition) is 6. The molecule has 0 rings (SSSR count). The molecule has 1 unspecified atom stereocenters. The SMILES string of the molecule is CC/C=C\C/C=C\C/C=C\C/C=C\C/C=C\C/C=C\C/C=C\CCCCCCCCCCCCCC(=O)OCC(COC(=O)CCCCCCCCCCCCC)OC(=O)CCCCCCCCCCCCCCCCCCCCCC. The van der Waals surface area contributed by atoms with Gasteiger partial charge in [0, 0.05) is 19.3 Å². The first kappa shape index (κ1) is 78.6. The van der Waals surface area contributed by atoms with E-state index in [1.165, 1.54) is 218 Å². The number of rotatable bonds is 65. The van der Waals surface area contributed by atoms with E-state index in [-0.39, 0.29) is 31.1 Å². The maximum Gasteiger partial charge on any atom is 0.306 e. The Kier molecular flexibility index (Phi) is 67.2. The fourth-order valence-electron chi connectivity index (χ4n) is 10.4. The van der Waals surface area contributed by atoms with Gasteiger partial charge in [0.25, 0.3) is 0 Å². The number of carbonyl (C=O) groups excluding carboxylic acids is 3. The molecule has 0 saturated heterocycles. The summed E-state index contributed by atoms with van der Waals surface area (Å²) in [5.41, 5.74) is 0. The molecule has 82 heavy (non-hydrogen) atoms. The van der Waals surface area contributed by atoms with Gasteiger partial charge in [0.05, 0.1) is 0 Å². The van der Waals surface area contributed by atoms with E-state index in [2.05, 4.69) is 106 Å². The highest BCUT2D eigenvalue weighted by Gasteiger charge is 2.19. The van der Waals surface area contributed by atoms with Crippen LogP contribution in [0.4, 0.5) is 0 Å². The van der Waals surface area contributed by atoms with Crippen molar-refractivity contribution in [2.24, 2.45) is 0 Å². The highest BCUT2D eigenvalue weighted by molar-refractivity contribution is 5.71. The van der Waals surface area contributed by atoms with Gasteiger partial charge >= 0.3 is 17.9 Å². The summed E-state index contributed by atoms with van der Waals surface area (Å²) in [6, 6.07) is 0. The monoisotopic (exact) mass is 1140 g/mol. The van der Waals surface area contributed by atoms with Gasteiger partial charge in [-0.05, 0) is 77.0 Å². The molecule has 0 saturated carbocycles. The molecule has 0 aromatic carbocycles. The third kappa shape index (κ3) is 67.4. The Morgan fingerprint density at radius 1 is 0.256 bits per heavy atom. The second kappa shape index (κ2) is 70.1. The third-order valence-electron chi connectivity index (χ3n) is 15.7. The largest absolute Gasteiger partial charge is 0.462 e. The van der Waals surface area contributed by atoms with E-state index in [4.69, 9.17) is 14.2 Å². The van der Waals surface area contributed by atoms with Crippen LogP contribution in [0.3, 0.4) is 0 Å². The summed E-state index contributed by atoms with van der Waals surface area (Å²) in [5, 5.41) is 0. The van der Waals surface area contributed by atoms with Crippen LogP contribution in [0, 0.1) is 0 Å². The summed E-state index contributed by atoms with van der Waals surface area (Å²) < 4.78 is 17.0. The number of esters is 3. The van der Waals surface area contributed by atoms with Crippen molar-refractivity contribution >= 4 is 17.9 Å². The van der Waals surface area contributed by atoms with E-state index in [9.17, 15) is 14.4 Å². The third-order valence-corrected chi connectivity index (χ3v) is 15.7. The molecule has 0 fully saturated rings. The zero-order valence-corrected chi connectivity index (χ0v) is 54.5. The van der Waals surface area contributed by atoms with Crippen LogP contribution in [0.2, 0.25) is 0 Å². The Bertz CT molecular complexity index is 1550. The minimum atomic E-state index is -0.774. The maximum absolute atomic E-state index is 12.9. The summed E-state index contributed by atoms with van der Waals surface area (Å²) >= 11 is 0. The van der Waals surface area contributed by atoms with Gasteiger partial charge in [-0.25, -0.2) is 0 Å². The average Bonchev–Trinajstić information content (AvgIpc) is 3.47. The molecule has 0 amide bonds. The van der Waals surface area contributed by atoms with Crippen molar-refractivity contribution in [2.75, 3.05) is 13.2 Å². The first-order valence-corrected chi connectivity index (χ1v) is 35.6. The van der Waals surface area contributed by atoms with Crippen LogP contribution in [-0.4, -0.2) is 37.2 Å². The van der Waals surface area contributed by atoms with E-state index in [0.29, 0.717) is 19.3 Å². The van der Waals surface area contributed by atoms with Gasteiger partial charge in [0.15, 0.2) is 6.10 Å². The fraction of sp³-hybridized carbons (Fsp3) is 0.776. The molecule has 0 aliphatic carbocycles. The molecular weight excluding hydrogens is 1010 g/mol. The zero-order chi connectivity index (χ0) is 59.2. The Morgan fingerprint density at radius 2 is 0.476 bits per heavy atom. The van der Waals surface area contributed by atoms with E-state index in [1.54, 1.807) is 0 Å². The molecule has 0 heterocycles. The highest BCUT2D eigenvalue weighted by Crippen LogP contribution is 2.18. The highest BCUT2D eigenvalue weighted by atomic mass is 16.6. The van der Waals surface area contributed by atoms with E-state index in [1.807, 2.05) is 0 Å². The molecule has 0 aromatic heterocycles. The predicted octanol–water partition coefficient (Wildman–Crippen LogP) is 24.6. The van der Waals surface area contributed by atoms with Gasteiger partial charge in [0.2, 0.25) is 0 Å². The Labute approximate surface area is 509 Å². The predicted molar refractivity (Wildman–Crippen MR) is 358 cm³/mol. The Morgan fingerprint density at radius 3 is 0.744 bits per heavy atom. The van der Waals surface area contributed by atoms with Crippen molar-refractivity contribution in [3.05, 3.63) is 85.1 Å². The Balaban J connectivity index is 4.18. The van der Waals surface area contributed by atoms with Crippen molar-refractivity contribution < 1.29 is 28.6 Å². The average molecular weight is 1140 g/mol. The van der Waals surface area contributed by atoms with Crippen LogP contribution >= 0.6 is 0 Å². The summed E-state index contributed by atoms with van der Waals surface area (Å²) in [6.07, 6.45) is 93.3. The van der Waals surface area contributed by atoms with Crippen molar-refractivity contribution in [2.45, 2.75) is 367 Å².